The first-order valence-corrected chi connectivity index (χ1v) is 10.9. The number of aromatic nitrogens is 1. The van der Waals surface area contributed by atoms with Gasteiger partial charge in [-0.2, -0.15) is 0 Å². The zero-order valence-corrected chi connectivity index (χ0v) is 18.6. The summed E-state index contributed by atoms with van der Waals surface area (Å²) in [6, 6.07) is 0.751. The second-order valence-corrected chi connectivity index (χ2v) is 7.76. The molecule has 0 saturated carbocycles. The normalized spacial score (nSPS) is 25.2. The summed E-state index contributed by atoms with van der Waals surface area (Å²) in [5.74, 6) is -0.0847. The third kappa shape index (κ3) is 4.49. The van der Waals surface area contributed by atoms with Crippen LogP contribution in [-0.2, 0) is 19.0 Å². The first-order chi connectivity index (χ1) is 14.4. The number of esters is 1. The predicted octanol–water partition coefficient (Wildman–Crippen LogP) is 3.82. The first-order valence-electron chi connectivity index (χ1n) is 10.5. The molecule has 1 aromatic rings. The fourth-order valence-electron chi connectivity index (χ4n) is 4.16. The number of ether oxygens (including phenoxy) is 4. The molecule has 0 aliphatic carbocycles. The van der Waals surface area contributed by atoms with Gasteiger partial charge in [-0.15, -0.1) is 0 Å². The van der Waals surface area contributed by atoms with E-state index in [0.717, 1.165) is 6.42 Å². The van der Waals surface area contributed by atoms with Crippen LogP contribution in [0.15, 0.2) is 6.07 Å². The smallest absolute Gasteiger partial charge is 0.410 e. The molecular weight excluding hydrogens is 412 g/mol. The molecule has 1 saturated heterocycles. The number of carbonyl (C=O) groups excluding carboxylic acids is 2. The van der Waals surface area contributed by atoms with Gasteiger partial charge in [-0.25, -0.2) is 14.6 Å². The Labute approximate surface area is 181 Å². The summed E-state index contributed by atoms with van der Waals surface area (Å²) < 4.78 is 22.4. The van der Waals surface area contributed by atoms with Gasteiger partial charge in [0.1, 0.15) is 16.9 Å². The molecule has 3 unspecified atom stereocenters. The third-order valence-electron chi connectivity index (χ3n) is 5.48. The minimum Gasteiger partial charge on any atom is -0.474 e. The minimum absolute atomic E-state index is 0.0336. The minimum atomic E-state index is -1.02. The van der Waals surface area contributed by atoms with E-state index in [1.165, 1.54) is 0 Å². The summed E-state index contributed by atoms with van der Waals surface area (Å²) in [5, 5.41) is 0.270. The van der Waals surface area contributed by atoms with Crippen LogP contribution in [0.1, 0.15) is 57.3 Å². The molecule has 1 amide bonds. The molecule has 1 fully saturated rings. The van der Waals surface area contributed by atoms with Gasteiger partial charge in [0, 0.05) is 18.2 Å². The Bertz CT molecular complexity index is 789. The van der Waals surface area contributed by atoms with Crippen molar-refractivity contribution in [1.29, 1.82) is 0 Å². The van der Waals surface area contributed by atoms with Crippen molar-refractivity contribution >= 4 is 23.7 Å². The van der Waals surface area contributed by atoms with Crippen molar-refractivity contribution in [3.63, 3.8) is 0 Å². The lowest BCUT2D eigenvalue weighted by atomic mass is 9.94. The Morgan fingerprint density at radius 3 is 2.67 bits per heavy atom. The molecule has 1 aromatic heterocycles. The monoisotopic (exact) mass is 440 g/mol. The highest BCUT2D eigenvalue weighted by molar-refractivity contribution is 6.29. The van der Waals surface area contributed by atoms with Crippen LogP contribution in [0.5, 0.6) is 5.75 Å². The highest BCUT2D eigenvalue weighted by atomic mass is 35.5. The topological polar surface area (TPSA) is 87.2 Å². The van der Waals surface area contributed by atoms with Crippen molar-refractivity contribution in [3.05, 3.63) is 22.5 Å². The molecule has 0 bridgehead atoms. The van der Waals surface area contributed by atoms with Crippen molar-refractivity contribution in [2.75, 3.05) is 19.8 Å². The van der Waals surface area contributed by atoms with Gasteiger partial charge in [-0.1, -0.05) is 18.5 Å². The van der Waals surface area contributed by atoms with Gasteiger partial charge < -0.3 is 18.9 Å². The van der Waals surface area contributed by atoms with Crippen molar-refractivity contribution in [3.8, 4) is 5.75 Å². The Morgan fingerprint density at radius 2 is 2.00 bits per heavy atom. The second-order valence-electron chi connectivity index (χ2n) is 7.37. The van der Waals surface area contributed by atoms with Gasteiger partial charge in [0.15, 0.2) is 0 Å². The van der Waals surface area contributed by atoms with Crippen molar-refractivity contribution < 1.29 is 28.5 Å². The van der Waals surface area contributed by atoms with Crippen LogP contribution >= 0.6 is 11.6 Å². The summed E-state index contributed by atoms with van der Waals surface area (Å²) in [6.45, 7) is 8.23. The van der Waals surface area contributed by atoms with Gasteiger partial charge in [0.2, 0.25) is 6.10 Å². The van der Waals surface area contributed by atoms with E-state index in [2.05, 4.69) is 4.98 Å². The quantitative estimate of drug-likeness (QED) is 0.490. The lowest BCUT2D eigenvalue weighted by Crippen LogP contribution is -2.51. The van der Waals surface area contributed by atoms with E-state index in [-0.39, 0.29) is 30.5 Å². The number of fused-ring (bicyclic) bond motifs is 1. The first kappa shape index (κ1) is 22.6. The second kappa shape index (κ2) is 9.83. The van der Waals surface area contributed by atoms with E-state index in [9.17, 15) is 9.59 Å². The van der Waals surface area contributed by atoms with Gasteiger partial charge >= 0.3 is 12.1 Å². The molecule has 2 aliphatic rings. The standard InChI is InChI=1S/C21H29ClN2O6/c1-5-14-10-13(8-9-29-14)24(21(26)28-7-3)17-15-11-16(22)23-12(4)18(15)30-19(17)20(25)27-6-2/h11,13-14,17,19H,5-10H2,1-4H3/t13?,14-,17?,19?/m0/s1. The number of halogens is 1. The average molecular weight is 441 g/mol. The van der Waals surface area contributed by atoms with Crippen molar-refractivity contribution in [1.82, 2.24) is 9.88 Å². The fourth-order valence-corrected chi connectivity index (χ4v) is 4.40. The third-order valence-corrected chi connectivity index (χ3v) is 5.67. The number of hydrogen-bond acceptors (Lipinski definition) is 7. The molecule has 0 spiro atoms. The molecule has 0 N–H and O–H groups in total. The summed E-state index contributed by atoms with van der Waals surface area (Å²) in [6.07, 6.45) is 0.627. The van der Waals surface area contributed by atoms with Crippen LogP contribution in [0.2, 0.25) is 5.15 Å². The van der Waals surface area contributed by atoms with Crippen LogP contribution in [-0.4, -0.2) is 60.0 Å². The van der Waals surface area contributed by atoms with Crippen LogP contribution in [0, 0.1) is 6.92 Å². The Kier molecular flexibility index (Phi) is 7.41. The molecule has 30 heavy (non-hydrogen) atoms. The maximum Gasteiger partial charge on any atom is 0.410 e. The van der Waals surface area contributed by atoms with E-state index >= 15 is 0 Å². The summed E-state index contributed by atoms with van der Waals surface area (Å²) >= 11 is 6.22. The number of amides is 1. The number of pyridine rings is 1. The van der Waals surface area contributed by atoms with E-state index in [0.29, 0.717) is 36.5 Å². The number of aryl methyl sites for hydroxylation is 1. The Balaban J connectivity index is 2.07. The largest absolute Gasteiger partial charge is 0.474 e. The predicted molar refractivity (Wildman–Crippen MR) is 110 cm³/mol. The lowest BCUT2D eigenvalue weighted by Gasteiger charge is -2.40. The number of carbonyl (C=O) groups is 2. The van der Waals surface area contributed by atoms with E-state index < -0.39 is 24.2 Å². The number of nitrogens with zero attached hydrogens (tertiary/aromatic N) is 2. The number of hydrogen-bond donors (Lipinski definition) is 0. The van der Waals surface area contributed by atoms with Gasteiger partial charge in [0.05, 0.1) is 25.0 Å². The van der Waals surface area contributed by atoms with Crippen molar-refractivity contribution in [2.45, 2.75) is 71.2 Å². The highest BCUT2D eigenvalue weighted by Gasteiger charge is 2.49. The zero-order chi connectivity index (χ0) is 21.8. The lowest BCUT2D eigenvalue weighted by molar-refractivity contribution is -0.154. The maximum atomic E-state index is 13.1. The Morgan fingerprint density at radius 1 is 1.27 bits per heavy atom. The highest BCUT2D eigenvalue weighted by Crippen LogP contribution is 2.45. The van der Waals surface area contributed by atoms with Crippen molar-refractivity contribution in [2.24, 2.45) is 0 Å². The summed E-state index contributed by atoms with van der Waals surface area (Å²) in [4.78, 5) is 31.8. The summed E-state index contributed by atoms with van der Waals surface area (Å²) in [7, 11) is 0. The van der Waals surface area contributed by atoms with Crippen LogP contribution in [0.4, 0.5) is 4.79 Å². The molecule has 3 rings (SSSR count). The van der Waals surface area contributed by atoms with E-state index in [1.54, 1.807) is 31.7 Å². The molecule has 8 nitrogen and oxygen atoms in total. The molecule has 2 aliphatic heterocycles. The molecule has 9 heteroatoms. The van der Waals surface area contributed by atoms with Crippen LogP contribution < -0.4 is 4.74 Å². The molecule has 0 aromatic carbocycles. The number of rotatable bonds is 6. The molecule has 4 atom stereocenters. The molecule has 166 valence electrons. The van der Waals surface area contributed by atoms with Gasteiger partial charge in [-0.05, 0) is 46.1 Å². The van der Waals surface area contributed by atoms with Crippen LogP contribution in [0.3, 0.4) is 0 Å². The maximum absolute atomic E-state index is 13.1. The van der Waals surface area contributed by atoms with Gasteiger partial charge in [-0.3, -0.25) is 4.90 Å². The summed E-state index contributed by atoms with van der Waals surface area (Å²) in [5.41, 5.74) is 1.19. The van der Waals surface area contributed by atoms with E-state index in [1.807, 2.05) is 6.92 Å². The van der Waals surface area contributed by atoms with E-state index in [4.69, 9.17) is 30.5 Å². The molecule has 0 radical (unpaired) electrons. The van der Waals surface area contributed by atoms with Crippen LogP contribution in [0.25, 0.3) is 0 Å². The molecular formula is C21H29ClN2O6. The SMILES string of the molecule is CCOC(=O)C1Oc2c(cc(Cl)nc2C)C1N(C(=O)OCC)C1CCO[C@@H](CC)C1. The zero-order valence-electron chi connectivity index (χ0n) is 17.9. The average Bonchev–Trinajstić information content (AvgIpc) is 3.08. The Hall–Kier alpha value is -2.06. The fraction of sp³-hybridized carbons (Fsp3) is 0.667. The van der Waals surface area contributed by atoms with Gasteiger partial charge in [0.25, 0.3) is 0 Å². The molecule has 3 heterocycles.